The average Bonchev–Trinajstić information content (AvgIpc) is 2.86. The Morgan fingerprint density at radius 2 is 2.04 bits per heavy atom. The summed E-state index contributed by atoms with van der Waals surface area (Å²) in [6.45, 7) is 3.83. The molecule has 2 aliphatic heterocycles. The number of rotatable bonds is 4. The molecule has 3 heterocycles. The Morgan fingerprint density at radius 1 is 1.38 bits per heavy atom. The summed E-state index contributed by atoms with van der Waals surface area (Å²) in [5.74, 6) is 1.31. The maximum absolute atomic E-state index is 11.5. The lowest BCUT2D eigenvalue weighted by Gasteiger charge is -2.40. The second kappa shape index (κ2) is 6.79. The quantitative estimate of drug-likeness (QED) is 0.666. The summed E-state index contributed by atoms with van der Waals surface area (Å²) in [5, 5.41) is 7.72. The van der Waals surface area contributed by atoms with Gasteiger partial charge in [-0.3, -0.25) is 4.79 Å². The Hall–Kier alpha value is -1.49. The number of halogens is 1. The number of carbonyl (C=O) groups is 1. The van der Waals surface area contributed by atoms with Gasteiger partial charge in [0.1, 0.15) is 18.0 Å². The van der Waals surface area contributed by atoms with E-state index in [1.165, 1.54) is 6.33 Å². The Morgan fingerprint density at radius 3 is 2.67 bits per heavy atom. The van der Waals surface area contributed by atoms with Gasteiger partial charge in [0.25, 0.3) is 10.2 Å². The van der Waals surface area contributed by atoms with E-state index in [-0.39, 0.29) is 23.7 Å². The summed E-state index contributed by atoms with van der Waals surface area (Å²) < 4.78 is 24.5. The average molecular weight is 377 g/mol. The molecule has 1 fully saturated rings. The number of anilines is 2. The lowest BCUT2D eigenvalue weighted by molar-refractivity contribution is -0.115. The molecule has 2 aliphatic rings. The van der Waals surface area contributed by atoms with Gasteiger partial charge in [-0.15, -0.1) is 12.4 Å². The molecule has 0 aliphatic carbocycles. The number of nitrogens with zero attached hydrogens (tertiary/aromatic N) is 3. The zero-order valence-corrected chi connectivity index (χ0v) is 14.9. The van der Waals surface area contributed by atoms with Crippen LogP contribution in [0.1, 0.15) is 25.3 Å². The normalized spacial score (nSPS) is 19.4. The molecule has 1 aromatic heterocycles. The summed E-state index contributed by atoms with van der Waals surface area (Å²) in [6.07, 6.45) is 3.35. The Balaban J connectivity index is 0.00000208. The molecule has 11 heteroatoms. The third-order valence-corrected chi connectivity index (χ3v) is 5.03. The third-order valence-electron chi connectivity index (χ3n) is 4.49. The number of amides is 1. The maximum atomic E-state index is 11.5. The van der Waals surface area contributed by atoms with Crippen molar-refractivity contribution in [1.29, 1.82) is 0 Å². The van der Waals surface area contributed by atoms with E-state index in [1.807, 2.05) is 6.92 Å². The molecule has 1 aromatic rings. The summed E-state index contributed by atoms with van der Waals surface area (Å²) in [4.78, 5) is 22.1. The fourth-order valence-electron chi connectivity index (χ4n) is 2.99. The van der Waals surface area contributed by atoms with Crippen LogP contribution in [0.3, 0.4) is 0 Å². The van der Waals surface area contributed by atoms with Crippen molar-refractivity contribution in [1.82, 2.24) is 14.7 Å². The topological polar surface area (TPSA) is 130 Å². The molecule has 1 saturated heterocycles. The number of carbonyl (C=O) groups excluding carboxylic acids is 1. The number of nitrogens with two attached hydrogens (primary N) is 1. The van der Waals surface area contributed by atoms with Gasteiger partial charge in [0.2, 0.25) is 5.91 Å². The highest BCUT2D eigenvalue weighted by Gasteiger charge is 2.33. The molecule has 3 rings (SSSR count). The second-order valence-electron chi connectivity index (χ2n) is 6.41. The number of hydrogen-bond acceptors (Lipinski definition) is 6. The molecule has 0 bridgehead atoms. The molecule has 1 amide bonds. The van der Waals surface area contributed by atoms with Gasteiger partial charge in [0.15, 0.2) is 0 Å². The lowest BCUT2D eigenvalue weighted by atomic mass is 9.80. The molecule has 0 aromatic carbocycles. The van der Waals surface area contributed by atoms with Crippen molar-refractivity contribution in [2.75, 3.05) is 29.9 Å². The molecule has 0 saturated carbocycles. The first kappa shape index (κ1) is 18.8. The Kier molecular flexibility index (Phi) is 5.33. The van der Waals surface area contributed by atoms with Crippen molar-refractivity contribution in [3.8, 4) is 0 Å². The van der Waals surface area contributed by atoms with Crippen LogP contribution in [-0.2, 0) is 21.4 Å². The minimum atomic E-state index is -3.67. The minimum Gasteiger partial charge on any atom is -0.356 e. The van der Waals surface area contributed by atoms with Gasteiger partial charge < -0.3 is 10.2 Å². The molecule has 9 nitrogen and oxygen atoms in total. The zero-order valence-electron chi connectivity index (χ0n) is 13.3. The zero-order chi connectivity index (χ0) is 16.7. The minimum absolute atomic E-state index is 0. The van der Waals surface area contributed by atoms with Crippen molar-refractivity contribution in [3.63, 3.8) is 0 Å². The number of hydrogen-bond donors (Lipinski definition) is 3. The van der Waals surface area contributed by atoms with Crippen LogP contribution in [0.5, 0.6) is 0 Å². The SMILES string of the molecule is CC1(CNS(N)(=O)=O)CCN(c2ncnc3c2CC(=O)N3)CC1.Cl. The Bertz CT molecular complexity index is 733. The smallest absolute Gasteiger partial charge is 0.274 e. The van der Waals surface area contributed by atoms with Crippen molar-refractivity contribution >= 4 is 40.2 Å². The molecule has 134 valence electrons. The van der Waals surface area contributed by atoms with Crippen LogP contribution in [0, 0.1) is 5.41 Å². The third kappa shape index (κ3) is 4.12. The van der Waals surface area contributed by atoms with Crippen LogP contribution >= 0.6 is 12.4 Å². The van der Waals surface area contributed by atoms with Gasteiger partial charge in [-0.05, 0) is 18.3 Å². The molecular formula is C13H21ClN6O3S. The van der Waals surface area contributed by atoms with Crippen LogP contribution in [0.4, 0.5) is 11.6 Å². The lowest BCUT2D eigenvalue weighted by Crippen LogP contribution is -2.46. The fraction of sp³-hybridized carbons (Fsp3) is 0.615. The number of piperidine rings is 1. The van der Waals surface area contributed by atoms with Gasteiger partial charge in [0, 0.05) is 25.2 Å². The first-order valence-electron chi connectivity index (χ1n) is 7.42. The molecule has 0 unspecified atom stereocenters. The molecule has 4 N–H and O–H groups in total. The number of fused-ring (bicyclic) bond motifs is 1. The van der Waals surface area contributed by atoms with E-state index in [9.17, 15) is 13.2 Å². The van der Waals surface area contributed by atoms with Crippen LogP contribution in [0.15, 0.2) is 6.33 Å². The van der Waals surface area contributed by atoms with E-state index < -0.39 is 10.2 Å². The van der Waals surface area contributed by atoms with E-state index in [1.54, 1.807) is 0 Å². The fourth-order valence-corrected chi connectivity index (χ4v) is 3.54. The van der Waals surface area contributed by atoms with Crippen LogP contribution in [0.25, 0.3) is 0 Å². The largest absolute Gasteiger partial charge is 0.356 e. The van der Waals surface area contributed by atoms with E-state index in [2.05, 4.69) is 24.9 Å². The van der Waals surface area contributed by atoms with Crippen molar-refractivity contribution < 1.29 is 13.2 Å². The van der Waals surface area contributed by atoms with Gasteiger partial charge in [-0.25, -0.2) is 19.8 Å². The number of aromatic nitrogens is 2. The van der Waals surface area contributed by atoms with E-state index in [4.69, 9.17) is 5.14 Å². The first-order valence-corrected chi connectivity index (χ1v) is 8.96. The van der Waals surface area contributed by atoms with E-state index in [0.29, 0.717) is 18.8 Å². The van der Waals surface area contributed by atoms with Crippen molar-refractivity contribution in [2.45, 2.75) is 26.2 Å². The van der Waals surface area contributed by atoms with E-state index >= 15 is 0 Å². The molecule has 0 radical (unpaired) electrons. The van der Waals surface area contributed by atoms with E-state index in [0.717, 1.165) is 37.3 Å². The maximum Gasteiger partial charge on any atom is 0.274 e. The van der Waals surface area contributed by atoms with Gasteiger partial charge in [-0.1, -0.05) is 6.92 Å². The summed E-state index contributed by atoms with van der Waals surface area (Å²) in [6, 6.07) is 0. The molecule has 0 spiro atoms. The molecule has 24 heavy (non-hydrogen) atoms. The summed E-state index contributed by atoms with van der Waals surface area (Å²) in [5.41, 5.74) is 0.691. The van der Waals surface area contributed by atoms with Gasteiger partial charge >= 0.3 is 0 Å². The van der Waals surface area contributed by atoms with Crippen LogP contribution in [0.2, 0.25) is 0 Å². The monoisotopic (exact) mass is 376 g/mol. The molecule has 0 atom stereocenters. The highest BCUT2D eigenvalue weighted by atomic mass is 35.5. The van der Waals surface area contributed by atoms with Crippen molar-refractivity contribution in [2.24, 2.45) is 10.6 Å². The summed E-state index contributed by atoms with van der Waals surface area (Å²) >= 11 is 0. The highest BCUT2D eigenvalue weighted by molar-refractivity contribution is 7.87. The first-order chi connectivity index (χ1) is 10.8. The predicted octanol–water partition coefficient (Wildman–Crippen LogP) is -0.207. The van der Waals surface area contributed by atoms with Crippen LogP contribution in [-0.4, -0.2) is 43.9 Å². The van der Waals surface area contributed by atoms with Gasteiger partial charge in [0.05, 0.1) is 6.42 Å². The standard InChI is InChI=1S/C13H20N6O3S.ClH/c1-13(7-17-23(14,21)22)2-4-19(5-3-13)12-9-6-10(20)18-11(9)15-8-16-12;/h8,17H,2-7H2,1H3,(H2,14,21,22)(H,15,16,18,20);1H. The summed E-state index contributed by atoms with van der Waals surface area (Å²) in [7, 11) is -3.67. The molecular weight excluding hydrogens is 356 g/mol. The Labute approximate surface area is 147 Å². The predicted molar refractivity (Wildman–Crippen MR) is 92.3 cm³/mol. The number of nitrogens with one attached hydrogen (secondary N) is 2. The highest BCUT2D eigenvalue weighted by Crippen LogP contribution is 2.35. The van der Waals surface area contributed by atoms with Crippen LogP contribution < -0.4 is 20.1 Å². The van der Waals surface area contributed by atoms with Gasteiger partial charge in [-0.2, -0.15) is 8.42 Å². The second-order valence-corrected chi connectivity index (χ2v) is 7.79. The van der Waals surface area contributed by atoms with Crippen molar-refractivity contribution in [3.05, 3.63) is 11.9 Å².